The highest BCUT2D eigenvalue weighted by atomic mass is 35.9. The first-order valence-corrected chi connectivity index (χ1v) is 17.1. The van der Waals surface area contributed by atoms with Crippen molar-refractivity contribution in [2.45, 2.75) is 0 Å². The first kappa shape index (κ1) is 13.6. The van der Waals surface area contributed by atoms with Crippen molar-refractivity contribution in [1.29, 1.82) is 0 Å². The van der Waals surface area contributed by atoms with Crippen LogP contribution in [0.2, 0.25) is 0 Å². The van der Waals surface area contributed by atoms with E-state index >= 15 is 0 Å². The van der Waals surface area contributed by atoms with Gasteiger partial charge in [-0.1, -0.05) is 0 Å². The third-order valence-electron chi connectivity index (χ3n) is 0.734. The lowest BCUT2D eigenvalue weighted by Gasteiger charge is -2.26. The van der Waals surface area contributed by atoms with E-state index in [4.69, 9.17) is 82.3 Å². The monoisotopic (exact) mass is 346 g/mol. The lowest BCUT2D eigenvalue weighted by molar-refractivity contribution is 0.604. The molecule has 0 heterocycles. The van der Waals surface area contributed by atoms with E-state index in [1.165, 1.54) is 0 Å². The minimum Gasteiger partial charge on any atom is -0.409 e. The topological polar surface area (TPSA) is 20.2 Å². The summed E-state index contributed by atoms with van der Waals surface area (Å²) in [7, 11) is 0. The van der Waals surface area contributed by atoms with Gasteiger partial charge in [-0.25, -0.2) is 0 Å². The third kappa shape index (κ3) is 3.36. The van der Waals surface area contributed by atoms with Crippen LogP contribution in [0.15, 0.2) is 0 Å². The summed E-state index contributed by atoms with van der Waals surface area (Å²) in [4.78, 5) is 9.13. The van der Waals surface area contributed by atoms with Crippen LogP contribution in [0, 0.1) is 0 Å². The zero-order valence-electron chi connectivity index (χ0n) is 4.59. The number of hydrogen-bond acceptors (Lipinski definition) is 1. The minimum atomic E-state index is -3.74. The molecule has 0 amide bonds. The molecule has 68 valence electrons. The molecular formula is HCl7OSi3. The maximum atomic E-state index is 9.13. The molecule has 0 rings (SSSR count). The summed E-state index contributed by atoms with van der Waals surface area (Å²) in [6, 6.07) is 0. The largest absolute Gasteiger partial charge is 0.409 e. The molecule has 0 aromatic heterocycles. The molecule has 0 fully saturated rings. The maximum Gasteiger partial charge on any atom is 0.403 e. The Bertz CT molecular complexity index is 125. The van der Waals surface area contributed by atoms with Gasteiger partial charge in [-0.3, -0.25) is 0 Å². The van der Waals surface area contributed by atoms with Crippen LogP contribution in [0.5, 0.6) is 0 Å². The van der Waals surface area contributed by atoms with Gasteiger partial charge in [0.05, 0.1) is 0 Å². The zero-order chi connectivity index (χ0) is 9.50. The van der Waals surface area contributed by atoms with E-state index in [1.54, 1.807) is 0 Å². The maximum absolute atomic E-state index is 9.13. The van der Waals surface area contributed by atoms with Crippen LogP contribution >= 0.6 is 77.6 Å². The molecule has 0 radical (unpaired) electrons. The van der Waals surface area contributed by atoms with Crippen molar-refractivity contribution in [3.63, 3.8) is 0 Å². The highest BCUT2D eigenvalue weighted by molar-refractivity contribution is 8.19. The second-order valence-corrected chi connectivity index (χ2v) is 38.5. The molecule has 0 aromatic rings. The summed E-state index contributed by atoms with van der Waals surface area (Å²) < 4.78 is 0. The fourth-order valence-electron chi connectivity index (χ4n) is 0.171. The van der Waals surface area contributed by atoms with Crippen molar-refractivity contribution < 1.29 is 4.80 Å². The molecule has 0 aliphatic carbocycles. The van der Waals surface area contributed by atoms with Crippen molar-refractivity contribution in [3.8, 4) is 0 Å². The van der Waals surface area contributed by atoms with E-state index in [0.717, 1.165) is 0 Å². The van der Waals surface area contributed by atoms with Crippen molar-refractivity contribution >= 4 is 95.3 Å². The predicted molar refractivity (Wildman–Crippen MR) is 60.5 cm³/mol. The van der Waals surface area contributed by atoms with Gasteiger partial charge in [0.1, 0.15) is 0 Å². The Hall–Kier alpha value is 2.64. The fraction of sp³-hybridized carbons (Fsp3) is 0. The van der Waals surface area contributed by atoms with E-state index < -0.39 is 17.7 Å². The number of hydrogen-bond donors (Lipinski definition) is 1. The molecule has 0 spiro atoms. The van der Waals surface area contributed by atoms with Crippen LogP contribution in [-0.4, -0.2) is 22.5 Å². The molecule has 11 heteroatoms. The number of rotatable bonds is 2. The lowest BCUT2D eigenvalue weighted by atomic mass is 15.9. The summed E-state index contributed by atoms with van der Waals surface area (Å²) >= 11 is 38.4. The van der Waals surface area contributed by atoms with Crippen molar-refractivity contribution in [3.05, 3.63) is 0 Å². The third-order valence-corrected chi connectivity index (χ3v) is 51.9. The second kappa shape index (κ2) is 4.02. The SMILES string of the molecule is O[Si](Cl)(Cl)[Si](Cl)(Cl)[Si](Cl)(Cl)Cl. The van der Waals surface area contributed by atoms with Gasteiger partial charge < -0.3 is 4.80 Å². The molecule has 0 aromatic carbocycles. The van der Waals surface area contributed by atoms with Crippen molar-refractivity contribution in [1.82, 2.24) is 0 Å². The van der Waals surface area contributed by atoms with Gasteiger partial charge in [-0.05, 0) is 0 Å². The van der Waals surface area contributed by atoms with E-state index in [0.29, 0.717) is 0 Å². The normalized spacial score (nSPS) is 15.3. The first-order valence-electron chi connectivity index (χ1n) is 2.05. The average Bonchev–Trinajstić information content (AvgIpc) is 1.58. The Morgan fingerprint density at radius 1 is 0.727 bits per heavy atom. The molecule has 0 saturated heterocycles. The molecule has 0 aliphatic heterocycles. The highest BCUT2D eigenvalue weighted by Gasteiger charge is 2.68. The van der Waals surface area contributed by atoms with Crippen molar-refractivity contribution in [2.24, 2.45) is 0 Å². The summed E-state index contributed by atoms with van der Waals surface area (Å²) in [5, 5.41) is 0. The molecule has 0 aliphatic rings. The van der Waals surface area contributed by atoms with Gasteiger partial charge >= 0.3 is 17.7 Å². The van der Waals surface area contributed by atoms with Gasteiger partial charge in [-0.2, -0.15) is 0 Å². The summed E-state index contributed by atoms with van der Waals surface area (Å²) in [5.41, 5.74) is -6.89. The molecular weight excluding hydrogens is 348 g/mol. The summed E-state index contributed by atoms with van der Waals surface area (Å²) in [5.74, 6) is 0. The predicted octanol–water partition coefficient (Wildman–Crippen LogP) is 3.13. The highest BCUT2D eigenvalue weighted by Crippen LogP contribution is 2.44. The quantitative estimate of drug-likeness (QED) is 0.600. The van der Waals surface area contributed by atoms with Crippen LogP contribution in [0.3, 0.4) is 0 Å². The Kier molecular flexibility index (Phi) is 4.99. The van der Waals surface area contributed by atoms with E-state index in [2.05, 4.69) is 0 Å². The van der Waals surface area contributed by atoms with Crippen LogP contribution in [-0.2, 0) is 0 Å². The molecule has 1 N–H and O–H groups in total. The van der Waals surface area contributed by atoms with Crippen LogP contribution in [0.25, 0.3) is 0 Å². The first-order chi connectivity index (χ1) is 4.50. The van der Waals surface area contributed by atoms with Crippen LogP contribution in [0.4, 0.5) is 0 Å². The Labute approximate surface area is 99.1 Å². The van der Waals surface area contributed by atoms with Crippen LogP contribution in [0.1, 0.15) is 0 Å². The summed E-state index contributed by atoms with van der Waals surface area (Å²) in [6.45, 7) is -3.74. The molecule has 0 bridgehead atoms. The molecule has 0 unspecified atom stereocenters. The average molecular weight is 349 g/mol. The van der Waals surface area contributed by atoms with Gasteiger partial charge in [0, 0.05) is 0 Å². The Balaban J connectivity index is 4.75. The number of halogens is 7. The van der Waals surface area contributed by atoms with Crippen molar-refractivity contribution in [2.75, 3.05) is 0 Å². The Morgan fingerprint density at radius 2 is 1.00 bits per heavy atom. The van der Waals surface area contributed by atoms with Gasteiger partial charge in [0.25, 0.3) is 0 Å². The smallest absolute Gasteiger partial charge is 0.403 e. The van der Waals surface area contributed by atoms with Gasteiger partial charge in [0.15, 0.2) is 0 Å². The Morgan fingerprint density at radius 3 is 1.00 bits per heavy atom. The second-order valence-electron chi connectivity index (χ2n) is 1.61. The van der Waals surface area contributed by atoms with Gasteiger partial charge in [0.2, 0.25) is 0 Å². The van der Waals surface area contributed by atoms with E-state index in [-0.39, 0.29) is 0 Å². The minimum absolute atomic E-state index is 3.39. The summed E-state index contributed by atoms with van der Waals surface area (Å²) in [6.07, 6.45) is 0. The zero-order valence-corrected chi connectivity index (χ0v) is 12.9. The fourth-order valence-corrected chi connectivity index (χ4v) is 31.2. The lowest BCUT2D eigenvalue weighted by Crippen LogP contribution is -2.60. The molecule has 1 nitrogen and oxygen atoms in total. The standard InChI is InChI=1S/Cl7HOSi3/c1-9(2,3)11(6,7)10(4,5)8/h8H. The van der Waals surface area contributed by atoms with E-state index in [9.17, 15) is 0 Å². The molecule has 0 saturated carbocycles. The van der Waals surface area contributed by atoms with E-state index in [1.807, 2.05) is 0 Å². The molecule has 11 heavy (non-hydrogen) atoms. The molecule has 0 atom stereocenters. The van der Waals surface area contributed by atoms with Crippen LogP contribution < -0.4 is 0 Å². The van der Waals surface area contributed by atoms with Gasteiger partial charge in [-0.15, -0.1) is 77.6 Å².